The normalized spacial score (nSPS) is 18.4. The molecule has 1 aliphatic rings. The standard InChI is InChI=1S/C13H20OSi/c1-10-7-11-5-6-15(3,4)9-12(11)8-13(10)14-2/h7-8H,5-6,9H2,1-4H3. The summed E-state index contributed by atoms with van der Waals surface area (Å²) in [4.78, 5) is 0. The molecule has 0 saturated heterocycles. The Morgan fingerprint density at radius 3 is 2.60 bits per heavy atom. The molecule has 0 aromatic heterocycles. The molecule has 0 bridgehead atoms. The van der Waals surface area contributed by atoms with Crippen molar-refractivity contribution in [3.05, 3.63) is 28.8 Å². The van der Waals surface area contributed by atoms with Crippen LogP contribution in [0.15, 0.2) is 12.1 Å². The van der Waals surface area contributed by atoms with Gasteiger partial charge in [-0.15, -0.1) is 0 Å². The molecule has 1 aromatic carbocycles. The van der Waals surface area contributed by atoms with Crippen LogP contribution < -0.4 is 4.74 Å². The molecule has 1 aromatic rings. The zero-order valence-corrected chi connectivity index (χ0v) is 11.2. The van der Waals surface area contributed by atoms with Gasteiger partial charge in [0, 0.05) is 0 Å². The smallest absolute Gasteiger partial charge is 0.122 e. The average molecular weight is 220 g/mol. The van der Waals surface area contributed by atoms with Crippen molar-refractivity contribution in [1.82, 2.24) is 0 Å². The van der Waals surface area contributed by atoms with E-state index >= 15 is 0 Å². The average Bonchev–Trinajstić information content (AvgIpc) is 2.17. The Labute approximate surface area is 93.5 Å². The summed E-state index contributed by atoms with van der Waals surface area (Å²) in [5, 5.41) is 0. The molecule has 1 nitrogen and oxygen atoms in total. The maximum Gasteiger partial charge on any atom is 0.122 e. The fourth-order valence-electron chi connectivity index (χ4n) is 2.48. The highest BCUT2D eigenvalue weighted by Crippen LogP contribution is 2.32. The van der Waals surface area contributed by atoms with Gasteiger partial charge in [-0.05, 0) is 42.1 Å². The molecule has 1 aliphatic heterocycles. The van der Waals surface area contributed by atoms with Crippen molar-refractivity contribution in [2.45, 2.75) is 38.5 Å². The predicted octanol–water partition coefficient (Wildman–Crippen LogP) is 3.35. The quantitative estimate of drug-likeness (QED) is 0.660. The lowest BCUT2D eigenvalue weighted by molar-refractivity contribution is 0.411. The summed E-state index contributed by atoms with van der Waals surface area (Å²) < 4.78 is 5.39. The van der Waals surface area contributed by atoms with Crippen molar-refractivity contribution in [3.63, 3.8) is 0 Å². The summed E-state index contributed by atoms with van der Waals surface area (Å²) in [6.45, 7) is 7.11. The molecule has 0 aliphatic carbocycles. The number of ether oxygens (including phenoxy) is 1. The van der Waals surface area contributed by atoms with E-state index in [0.29, 0.717) is 0 Å². The van der Waals surface area contributed by atoms with Crippen LogP contribution in [0, 0.1) is 6.92 Å². The third kappa shape index (κ3) is 2.10. The highest BCUT2D eigenvalue weighted by atomic mass is 28.3. The molecule has 2 heteroatoms. The first-order valence-electron chi connectivity index (χ1n) is 5.68. The second kappa shape index (κ2) is 3.67. The van der Waals surface area contributed by atoms with Gasteiger partial charge in [0.1, 0.15) is 5.75 Å². The molecule has 1 heterocycles. The molecule has 2 rings (SSSR count). The van der Waals surface area contributed by atoms with Crippen molar-refractivity contribution in [2.75, 3.05) is 7.11 Å². The van der Waals surface area contributed by atoms with Crippen LogP contribution in [0.2, 0.25) is 19.1 Å². The number of fused-ring (bicyclic) bond motifs is 1. The van der Waals surface area contributed by atoms with Crippen LogP contribution in [0.5, 0.6) is 5.75 Å². The highest BCUT2D eigenvalue weighted by Gasteiger charge is 2.27. The Balaban J connectivity index is 2.42. The molecule has 0 unspecified atom stereocenters. The highest BCUT2D eigenvalue weighted by molar-refractivity contribution is 6.77. The second-order valence-corrected chi connectivity index (χ2v) is 10.6. The van der Waals surface area contributed by atoms with Gasteiger partial charge in [0.2, 0.25) is 0 Å². The van der Waals surface area contributed by atoms with Crippen LogP contribution in [0.25, 0.3) is 0 Å². The summed E-state index contributed by atoms with van der Waals surface area (Å²) >= 11 is 0. The van der Waals surface area contributed by atoms with E-state index in [2.05, 4.69) is 32.2 Å². The number of methoxy groups -OCH3 is 1. The fraction of sp³-hybridized carbons (Fsp3) is 0.538. The number of benzene rings is 1. The van der Waals surface area contributed by atoms with Gasteiger partial charge in [0.05, 0.1) is 15.2 Å². The minimum atomic E-state index is -0.950. The maximum absolute atomic E-state index is 5.39. The topological polar surface area (TPSA) is 9.23 Å². The zero-order valence-electron chi connectivity index (χ0n) is 10.2. The number of rotatable bonds is 1. The molecule has 82 valence electrons. The van der Waals surface area contributed by atoms with Crippen molar-refractivity contribution in [3.8, 4) is 5.75 Å². The molecular weight excluding hydrogens is 200 g/mol. The summed E-state index contributed by atoms with van der Waals surface area (Å²) in [5.74, 6) is 1.06. The molecule has 0 N–H and O–H groups in total. The van der Waals surface area contributed by atoms with Gasteiger partial charge in [-0.1, -0.05) is 25.2 Å². The van der Waals surface area contributed by atoms with Gasteiger partial charge in [-0.2, -0.15) is 0 Å². The number of hydrogen-bond acceptors (Lipinski definition) is 1. The predicted molar refractivity (Wildman–Crippen MR) is 67.4 cm³/mol. The minimum Gasteiger partial charge on any atom is -0.496 e. The summed E-state index contributed by atoms with van der Waals surface area (Å²) in [7, 11) is 0.814. The van der Waals surface area contributed by atoms with Gasteiger partial charge in [0.15, 0.2) is 0 Å². The van der Waals surface area contributed by atoms with Gasteiger partial charge in [-0.25, -0.2) is 0 Å². The van der Waals surface area contributed by atoms with Crippen LogP contribution in [0.4, 0.5) is 0 Å². The Hall–Kier alpha value is -0.763. The third-order valence-electron chi connectivity index (χ3n) is 3.46. The van der Waals surface area contributed by atoms with Crippen LogP contribution in [-0.4, -0.2) is 15.2 Å². The minimum absolute atomic E-state index is 0.950. The Morgan fingerprint density at radius 2 is 1.93 bits per heavy atom. The van der Waals surface area contributed by atoms with Gasteiger partial charge < -0.3 is 4.74 Å². The number of aryl methyl sites for hydroxylation is 2. The first-order valence-corrected chi connectivity index (χ1v) is 9.10. The molecule has 0 amide bonds. The lowest BCUT2D eigenvalue weighted by Crippen LogP contribution is -2.33. The van der Waals surface area contributed by atoms with Crippen LogP contribution in [0.3, 0.4) is 0 Å². The van der Waals surface area contributed by atoms with Crippen molar-refractivity contribution < 1.29 is 4.74 Å². The largest absolute Gasteiger partial charge is 0.496 e. The van der Waals surface area contributed by atoms with E-state index in [0.717, 1.165) is 5.75 Å². The lowest BCUT2D eigenvalue weighted by Gasteiger charge is -2.30. The van der Waals surface area contributed by atoms with Gasteiger partial charge >= 0.3 is 0 Å². The van der Waals surface area contributed by atoms with E-state index in [-0.39, 0.29) is 0 Å². The monoisotopic (exact) mass is 220 g/mol. The Kier molecular flexibility index (Phi) is 2.63. The van der Waals surface area contributed by atoms with Crippen molar-refractivity contribution >= 4 is 8.07 Å². The summed E-state index contributed by atoms with van der Waals surface area (Å²) in [6, 6.07) is 7.33. The SMILES string of the molecule is COc1cc2c(cc1C)CC[Si](C)(C)C2. The molecule has 0 spiro atoms. The van der Waals surface area contributed by atoms with Gasteiger partial charge in [0.25, 0.3) is 0 Å². The first kappa shape index (κ1) is 10.7. The molecular formula is C13H20OSi. The van der Waals surface area contributed by atoms with Crippen molar-refractivity contribution in [2.24, 2.45) is 0 Å². The van der Waals surface area contributed by atoms with E-state index in [1.165, 1.54) is 24.1 Å². The molecule has 0 atom stereocenters. The van der Waals surface area contributed by atoms with Crippen LogP contribution in [-0.2, 0) is 12.5 Å². The van der Waals surface area contributed by atoms with E-state index in [9.17, 15) is 0 Å². The van der Waals surface area contributed by atoms with E-state index in [1.807, 2.05) is 0 Å². The Bertz CT molecular complexity index is 382. The second-order valence-electron chi connectivity index (χ2n) is 5.43. The first-order chi connectivity index (χ1) is 7.02. The zero-order chi connectivity index (χ0) is 11.1. The van der Waals surface area contributed by atoms with E-state index in [4.69, 9.17) is 4.74 Å². The molecule has 0 radical (unpaired) electrons. The number of hydrogen-bond donors (Lipinski definition) is 0. The third-order valence-corrected chi connectivity index (χ3v) is 6.40. The summed E-state index contributed by atoms with van der Waals surface area (Å²) in [5.41, 5.74) is 4.37. The van der Waals surface area contributed by atoms with E-state index in [1.54, 1.807) is 18.2 Å². The molecule has 15 heavy (non-hydrogen) atoms. The lowest BCUT2D eigenvalue weighted by atomic mass is 10.0. The maximum atomic E-state index is 5.39. The van der Waals surface area contributed by atoms with Crippen molar-refractivity contribution in [1.29, 1.82) is 0 Å². The summed E-state index contributed by atoms with van der Waals surface area (Å²) in [6.07, 6.45) is 1.28. The van der Waals surface area contributed by atoms with Crippen LogP contribution >= 0.6 is 0 Å². The fourth-order valence-corrected chi connectivity index (χ4v) is 4.97. The van der Waals surface area contributed by atoms with Gasteiger partial charge in [-0.3, -0.25) is 0 Å². The molecule has 0 fully saturated rings. The molecule has 0 saturated carbocycles. The van der Waals surface area contributed by atoms with E-state index < -0.39 is 8.07 Å². The van der Waals surface area contributed by atoms with Crippen LogP contribution in [0.1, 0.15) is 16.7 Å². The Morgan fingerprint density at radius 1 is 1.20 bits per heavy atom.